The highest BCUT2D eigenvalue weighted by Gasteiger charge is 2.30. The van der Waals surface area contributed by atoms with Crippen molar-refractivity contribution in [2.45, 2.75) is 52.9 Å². The van der Waals surface area contributed by atoms with Crippen molar-refractivity contribution in [1.29, 1.82) is 0 Å². The van der Waals surface area contributed by atoms with Crippen LogP contribution in [-0.2, 0) is 27.2 Å². The number of hydrogen-bond donors (Lipinski definition) is 2. The zero-order chi connectivity index (χ0) is 32.3. The van der Waals surface area contributed by atoms with E-state index in [1.54, 1.807) is 43.3 Å². The molecule has 1 aliphatic carbocycles. The summed E-state index contributed by atoms with van der Waals surface area (Å²) in [7, 11) is 1.43. The fraction of sp³-hybridized carbons (Fsp3) is 0.364. The van der Waals surface area contributed by atoms with E-state index in [9.17, 15) is 19.2 Å². The number of anilines is 1. The molecule has 238 valence electrons. The minimum Gasteiger partial charge on any atom is -0.494 e. The Morgan fingerprint density at radius 3 is 2.51 bits per heavy atom. The van der Waals surface area contributed by atoms with Gasteiger partial charge in [-0.1, -0.05) is 20.3 Å². The van der Waals surface area contributed by atoms with Crippen LogP contribution in [0.25, 0.3) is 0 Å². The number of carbonyl (C=O) groups is 4. The van der Waals surface area contributed by atoms with E-state index in [0.29, 0.717) is 46.4 Å². The summed E-state index contributed by atoms with van der Waals surface area (Å²) in [5.74, 6) is -1.49. The lowest BCUT2D eigenvalue weighted by Gasteiger charge is -2.18. The molecule has 0 fully saturated rings. The van der Waals surface area contributed by atoms with Crippen LogP contribution in [0.5, 0.6) is 17.2 Å². The Hall–Kier alpha value is -4.71. The number of ether oxygens (including phenoxy) is 4. The van der Waals surface area contributed by atoms with Crippen LogP contribution in [0.2, 0.25) is 0 Å². The van der Waals surface area contributed by atoms with Crippen molar-refractivity contribution >= 4 is 46.3 Å². The summed E-state index contributed by atoms with van der Waals surface area (Å²) in [6.45, 7) is 6.73. The lowest BCUT2D eigenvalue weighted by atomic mass is 9.88. The van der Waals surface area contributed by atoms with Crippen LogP contribution >= 0.6 is 11.3 Å². The SMILES string of the molecule is CCCCOc1ccc(C(=O)Oc2ccc(/C=N/NC(=O)C(=O)Nc3sc4c(c3C(=O)OCC)CCC(C)C4)cc2OC)cc1. The summed E-state index contributed by atoms with van der Waals surface area (Å²) in [4.78, 5) is 51.6. The Bertz CT molecular complexity index is 1560. The molecule has 4 rings (SSSR count). The van der Waals surface area contributed by atoms with Gasteiger partial charge in [0, 0.05) is 4.88 Å². The van der Waals surface area contributed by atoms with Gasteiger partial charge in [0.25, 0.3) is 0 Å². The van der Waals surface area contributed by atoms with Gasteiger partial charge in [-0.3, -0.25) is 9.59 Å². The second-order valence-electron chi connectivity index (χ2n) is 10.5. The molecule has 0 radical (unpaired) electrons. The average molecular weight is 636 g/mol. The molecule has 11 nitrogen and oxygen atoms in total. The number of nitrogens with zero attached hydrogens (tertiary/aromatic N) is 1. The summed E-state index contributed by atoms with van der Waals surface area (Å²) in [5.41, 5.74) is 4.23. The Labute approximate surface area is 265 Å². The number of hydrogen-bond acceptors (Lipinski definition) is 10. The minimum atomic E-state index is -1.01. The largest absolute Gasteiger partial charge is 0.494 e. The molecule has 0 saturated heterocycles. The van der Waals surface area contributed by atoms with Crippen molar-refractivity contribution in [3.63, 3.8) is 0 Å². The quantitative estimate of drug-likeness (QED) is 0.0660. The monoisotopic (exact) mass is 635 g/mol. The van der Waals surface area contributed by atoms with Crippen molar-refractivity contribution in [3.8, 4) is 17.2 Å². The highest BCUT2D eigenvalue weighted by atomic mass is 32.1. The van der Waals surface area contributed by atoms with Gasteiger partial charge < -0.3 is 24.3 Å². The minimum absolute atomic E-state index is 0.191. The van der Waals surface area contributed by atoms with E-state index in [1.807, 2.05) is 0 Å². The van der Waals surface area contributed by atoms with Crippen molar-refractivity contribution < 1.29 is 38.1 Å². The van der Waals surface area contributed by atoms with Crippen molar-refractivity contribution in [2.24, 2.45) is 11.0 Å². The number of methoxy groups -OCH3 is 1. The topological polar surface area (TPSA) is 142 Å². The third-order valence-corrected chi connectivity index (χ3v) is 8.22. The number of amides is 2. The molecule has 2 aromatic carbocycles. The first-order valence-corrected chi connectivity index (χ1v) is 15.6. The standard InChI is InChI=1S/C33H37N3O8S/c1-5-7-16-43-23-12-10-22(11-13-23)32(39)44-25-15-9-21(18-26(25)41-4)19-34-36-30(38)29(37)35-31-28(33(40)42-6-2)24-14-8-20(3)17-27(24)45-31/h9-13,15,18-20H,5-8,14,16-17H2,1-4H3,(H,35,37)(H,36,38)/b34-19+. The predicted octanol–water partition coefficient (Wildman–Crippen LogP) is 5.55. The number of carbonyl (C=O) groups excluding carboxylic acids is 4. The van der Waals surface area contributed by atoms with E-state index in [1.165, 1.54) is 30.7 Å². The van der Waals surface area contributed by atoms with Gasteiger partial charge in [-0.2, -0.15) is 5.10 Å². The molecule has 1 heterocycles. The number of nitrogens with one attached hydrogen (secondary N) is 2. The van der Waals surface area contributed by atoms with Crippen LogP contribution in [0.4, 0.5) is 5.00 Å². The van der Waals surface area contributed by atoms with Gasteiger partial charge in [-0.15, -0.1) is 11.3 Å². The highest BCUT2D eigenvalue weighted by Crippen LogP contribution is 2.40. The molecule has 2 N–H and O–H groups in total. The summed E-state index contributed by atoms with van der Waals surface area (Å²) in [6.07, 6.45) is 5.71. The molecule has 1 atom stereocenters. The predicted molar refractivity (Wildman–Crippen MR) is 171 cm³/mol. The summed E-state index contributed by atoms with van der Waals surface area (Å²) in [5, 5.41) is 6.72. The fourth-order valence-electron chi connectivity index (χ4n) is 4.66. The van der Waals surface area contributed by atoms with Crippen LogP contribution in [0.15, 0.2) is 47.6 Å². The van der Waals surface area contributed by atoms with Crippen molar-refractivity contribution in [2.75, 3.05) is 25.6 Å². The Morgan fingerprint density at radius 1 is 1.02 bits per heavy atom. The zero-order valence-electron chi connectivity index (χ0n) is 25.8. The van der Waals surface area contributed by atoms with Crippen LogP contribution in [0.3, 0.4) is 0 Å². The van der Waals surface area contributed by atoms with Crippen molar-refractivity contribution in [1.82, 2.24) is 5.43 Å². The van der Waals surface area contributed by atoms with E-state index in [0.717, 1.165) is 36.1 Å². The number of hydrazone groups is 1. The molecule has 1 unspecified atom stereocenters. The first-order chi connectivity index (χ1) is 21.7. The van der Waals surface area contributed by atoms with Crippen LogP contribution in [-0.4, -0.2) is 50.3 Å². The maximum Gasteiger partial charge on any atom is 0.343 e. The summed E-state index contributed by atoms with van der Waals surface area (Å²) < 4.78 is 21.7. The summed E-state index contributed by atoms with van der Waals surface area (Å²) in [6, 6.07) is 11.4. The van der Waals surface area contributed by atoms with Gasteiger partial charge in [0.15, 0.2) is 11.5 Å². The molecule has 2 amide bonds. The van der Waals surface area contributed by atoms with E-state index in [2.05, 4.69) is 29.7 Å². The molecule has 0 spiro atoms. The average Bonchev–Trinajstić information content (AvgIpc) is 3.38. The molecule has 0 bridgehead atoms. The third kappa shape index (κ3) is 8.69. The molecule has 3 aromatic rings. The number of unbranched alkanes of at least 4 members (excludes halogenated alkanes) is 1. The van der Waals surface area contributed by atoms with Gasteiger partial charge in [0.2, 0.25) is 0 Å². The second kappa shape index (κ2) is 15.8. The third-order valence-electron chi connectivity index (χ3n) is 7.05. The van der Waals surface area contributed by atoms with E-state index >= 15 is 0 Å². The number of thiophene rings is 1. The number of esters is 2. The maximum absolute atomic E-state index is 12.7. The maximum atomic E-state index is 12.7. The van der Waals surface area contributed by atoms with Gasteiger partial charge >= 0.3 is 23.8 Å². The normalized spacial score (nSPS) is 13.9. The molecule has 0 saturated carbocycles. The molecule has 45 heavy (non-hydrogen) atoms. The molecule has 1 aliphatic rings. The lowest BCUT2D eigenvalue weighted by Crippen LogP contribution is -2.32. The second-order valence-corrected chi connectivity index (χ2v) is 11.6. The first-order valence-electron chi connectivity index (χ1n) is 14.8. The molecule has 0 aliphatic heterocycles. The van der Waals surface area contributed by atoms with Gasteiger partial charge in [0.1, 0.15) is 10.8 Å². The van der Waals surface area contributed by atoms with Gasteiger partial charge in [-0.25, -0.2) is 15.0 Å². The summed E-state index contributed by atoms with van der Waals surface area (Å²) >= 11 is 1.29. The van der Waals surface area contributed by atoms with E-state index in [4.69, 9.17) is 18.9 Å². The van der Waals surface area contributed by atoms with E-state index in [-0.39, 0.29) is 18.1 Å². The van der Waals surface area contributed by atoms with Gasteiger partial charge in [0.05, 0.1) is 37.7 Å². The first kappa shape index (κ1) is 33.2. The number of rotatable bonds is 12. The van der Waals surface area contributed by atoms with Gasteiger partial charge in [-0.05, 0) is 92.1 Å². The Balaban J connectivity index is 1.36. The van der Waals surface area contributed by atoms with Crippen LogP contribution < -0.4 is 25.0 Å². The fourth-order valence-corrected chi connectivity index (χ4v) is 6.06. The van der Waals surface area contributed by atoms with Crippen molar-refractivity contribution in [3.05, 3.63) is 69.6 Å². The molecular weight excluding hydrogens is 598 g/mol. The van der Waals surface area contributed by atoms with Crippen LogP contribution in [0, 0.1) is 5.92 Å². The number of fused-ring (bicyclic) bond motifs is 1. The molecule has 1 aromatic heterocycles. The Morgan fingerprint density at radius 2 is 1.80 bits per heavy atom. The van der Waals surface area contributed by atoms with E-state index < -0.39 is 23.8 Å². The lowest BCUT2D eigenvalue weighted by molar-refractivity contribution is -0.136. The Kier molecular flexibility index (Phi) is 11.7. The van der Waals surface area contributed by atoms with Crippen LogP contribution in [0.1, 0.15) is 76.8 Å². The molecule has 12 heteroatoms. The molecular formula is C33H37N3O8S. The highest BCUT2D eigenvalue weighted by molar-refractivity contribution is 7.17. The number of benzene rings is 2. The smallest absolute Gasteiger partial charge is 0.343 e. The zero-order valence-corrected chi connectivity index (χ0v) is 26.6.